The van der Waals surface area contributed by atoms with Crippen LogP contribution in [0.15, 0.2) is 30.6 Å². The van der Waals surface area contributed by atoms with E-state index in [1.54, 1.807) is 31.3 Å². The van der Waals surface area contributed by atoms with E-state index in [0.717, 1.165) is 6.20 Å². The fourth-order valence-electron chi connectivity index (χ4n) is 2.11. The zero-order valence-corrected chi connectivity index (χ0v) is 16.3. The lowest BCUT2D eigenvalue weighted by Crippen LogP contribution is -2.50. The van der Waals surface area contributed by atoms with Gasteiger partial charge in [-0.2, -0.15) is 0 Å². The van der Waals surface area contributed by atoms with Gasteiger partial charge in [-0.3, -0.25) is 5.32 Å². The predicted molar refractivity (Wildman–Crippen MR) is 98.8 cm³/mol. The Morgan fingerprint density at radius 3 is 2.81 bits per heavy atom. The van der Waals surface area contributed by atoms with E-state index in [1.807, 2.05) is 0 Å². The van der Waals surface area contributed by atoms with Gasteiger partial charge in [-0.15, -0.1) is 0 Å². The van der Waals surface area contributed by atoms with Gasteiger partial charge in [0.25, 0.3) is 5.82 Å². The lowest BCUT2D eigenvalue weighted by molar-refractivity contribution is -0.392. The molecule has 2 aromatic rings. The van der Waals surface area contributed by atoms with Gasteiger partial charge in [0.2, 0.25) is 9.96 Å². The summed E-state index contributed by atoms with van der Waals surface area (Å²) in [7, 11) is 0. The van der Waals surface area contributed by atoms with Crippen molar-refractivity contribution in [3.05, 3.63) is 46.5 Å². The number of aromatic nitrogens is 3. The molecule has 0 bridgehead atoms. The minimum Gasteiger partial charge on any atom is -0.445 e. The van der Waals surface area contributed by atoms with E-state index in [9.17, 15) is 14.9 Å². The van der Waals surface area contributed by atoms with Crippen LogP contribution in [-0.4, -0.2) is 37.1 Å². The van der Waals surface area contributed by atoms with E-state index in [1.165, 1.54) is 4.57 Å². The van der Waals surface area contributed by atoms with E-state index in [0.29, 0.717) is 11.6 Å². The Labute approximate surface area is 168 Å². The third kappa shape index (κ3) is 6.12. The van der Waals surface area contributed by atoms with Crippen LogP contribution < -0.4 is 15.6 Å². The molecule has 1 amide bonds. The van der Waals surface area contributed by atoms with Crippen LogP contribution in [0.2, 0.25) is 0 Å². The van der Waals surface area contributed by atoms with Crippen molar-refractivity contribution in [2.24, 2.45) is 0 Å². The number of pyridine rings is 1. The quantitative estimate of drug-likeness (QED) is 0.296. The van der Waals surface area contributed by atoms with Crippen LogP contribution in [0.4, 0.5) is 16.4 Å². The monoisotopic (exact) mass is 437 g/mol. The number of H-pyrrole nitrogens is 1. The van der Waals surface area contributed by atoms with Gasteiger partial charge < -0.3 is 14.9 Å². The topological polar surface area (TPSA) is 125 Å². The van der Waals surface area contributed by atoms with E-state index < -0.39 is 21.0 Å². The number of rotatable bonds is 7. The molecule has 2 aromatic heterocycles. The fraction of sp³-hybridized carbons (Fsp3) is 0.357. The van der Waals surface area contributed by atoms with Crippen molar-refractivity contribution in [1.82, 2.24) is 14.9 Å². The summed E-state index contributed by atoms with van der Waals surface area (Å²) in [6.45, 7) is 1.51. The van der Waals surface area contributed by atoms with Gasteiger partial charge in [0.05, 0.1) is 6.20 Å². The van der Waals surface area contributed by atoms with Crippen molar-refractivity contribution in [2.75, 3.05) is 11.9 Å². The molecule has 146 valence electrons. The number of aromatic amines is 1. The summed E-state index contributed by atoms with van der Waals surface area (Å²) in [5.41, 5.74) is 0. The molecular formula is C14H16Cl3N6O4+. The molecule has 10 nitrogen and oxygen atoms in total. The summed E-state index contributed by atoms with van der Waals surface area (Å²) in [6, 6.07) is 5.18. The second-order valence-electron chi connectivity index (χ2n) is 5.25. The molecular weight excluding hydrogens is 423 g/mol. The number of halogens is 3. The number of alkyl halides is 3. The van der Waals surface area contributed by atoms with E-state index in [4.69, 9.17) is 39.5 Å². The van der Waals surface area contributed by atoms with Gasteiger partial charge in [-0.25, -0.2) is 24.6 Å². The average Bonchev–Trinajstić information content (AvgIpc) is 2.95. The van der Waals surface area contributed by atoms with Gasteiger partial charge in [-0.05, 0) is 11.0 Å². The van der Waals surface area contributed by atoms with Crippen molar-refractivity contribution in [3.8, 4) is 0 Å². The number of carbonyl (C=O) groups excluding carboxylic acids is 1. The SMILES string of the molecule is Cc1ncc([N+](=O)[O-])n1CCOC(=O)N[C@H](Nc1cccc[nH+]1)C(Cl)(Cl)Cl. The van der Waals surface area contributed by atoms with Crippen molar-refractivity contribution in [3.63, 3.8) is 0 Å². The highest BCUT2D eigenvalue weighted by molar-refractivity contribution is 6.68. The number of carbonyl (C=O) groups is 1. The minimum atomic E-state index is -1.87. The lowest BCUT2D eigenvalue weighted by atomic mass is 10.4. The molecule has 13 heteroatoms. The molecule has 2 rings (SSSR count). The first-order valence-electron chi connectivity index (χ1n) is 7.58. The van der Waals surface area contributed by atoms with Gasteiger partial charge in [0, 0.05) is 13.0 Å². The van der Waals surface area contributed by atoms with Crippen LogP contribution >= 0.6 is 34.8 Å². The van der Waals surface area contributed by atoms with Gasteiger partial charge in [-0.1, -0.05) is 40.9 Å². The molecule has 0 aromatic carbocycles. The maximum Gasteiger partial charge on any atom is 0.410 e. The number of hydrogen-bond donors (Lipinski definition) is 2. The Bertz CT molecular complexity index is 796. The second-order valence-corrected chi connectivity index (χ2v) is 7.62. The first-order chi connectivity index (χ1) is 12.7. The third-order valence-corrected chi connectivity index (χ3v) is 4.02. The Morgan fingerprint density at radius 1 is 1.48 bits per heavy atom. The van der Waals surface area contributed by atoms with Crippen LogP contribution in [0.1, 0.15) is 5.82 Å². The van der Waals surface area contributed by atoms with E-state index in [-0.39, 0.29) is 19.0 Å². The van der Waals surface area contributed by atoms with E-state index >= 15 is 0 Å². The summed E-state index contributed by atoms with van der Waals surface area (Å²) in [5, 5.41) is 16.1. The minimum absolute atomic E-state index is 0.0495. The van der Waals surface area contributed by atoms with Crippen LogP contribution in [0.3, 0.4) is 0 Å². The number of aryl methyl sites for hydroxylation is 1. The number of anilines is 1. The van der Waals surface area contributed by atoms with Gasteiger partial charge >= 0.3 is 11.9 Å². The van der Waals surface area contributed by atoms with Crippen LogP contribution in [-0.2, 0) is 11.3 Å². The smallest absolute Gasteiger partial charge is 0.410 e. The van der Waals surface area contributed by atoms with E-state index in [2.05, 4.69) is 20.6 Å². The number of ether oxygens (including phenoxy) is 1. The van der Waals surface area contributed by atoms with Gasteiger partial charge in [0.15, 0.2) is 5.82 Å². The first-order valence-corrected chi connectivity index (χ1v) is 8.71. The number of nitrogens with zero attached hydrogens (tertiary/aromatic N) is 3. The molecule has 0 fully saturated rings. The first kappa shape index (κ1) is 21.0. The molecule has 3 N–H and O–H groups in total. The molecule has 1 atom stereocenters. The Kier molecular flexibility index (Phi) is 7.05. The van der Waals surface area contributed by atoms with Crippen molar-refractivity contribution >= 4 is 52.5 Å². The lowest BCUT2D eigenvalue weighted by Gasteiger charge is -2.22. The number of amides is 1. The highest BCUT2D eigenvalue weighted by atomic mass is 35.6. The summed E-state index contributed by atoms with van der Waals surface area (Å²) in [5.74, 6) is 0.724. The second kappa shape index (κ2) is 9.07. The summed E-state index contributed by atoms with van der Waals surface area (Å²) in [4.78, 5) is 29.1. The predicted octanol–water partition coefficient (Wildman–Crippen LogP) is 2.45. The molecule has 0 saturated heterocycles. The molecule has 0 unspecified atom stereocenters. The van der Waals surface area contributed by atoms with Crippen LogP contribution in [0.5, 0.6) is 0 Å². The summed E-state index contributed by atoms with van der Waals surface area (Å²) < 4.78 is 4.46. The molecule has 0 spiro atoms. The number of alkyl carbamates (subject to hydrolysis) is 1. The molecule has 2 heterocycles. The molecule has 0 aliphatic heterocycles. The largest absolute Gasteiger partial charge is 0.445 e. The van der Waals surface area contributed by atoms with Crippen molar-refractivity contribution < 1.29 is 19.4 Å². The fourth-order valence-corrected chi connectivity index (χ4v) is 2.43. The maximum absolute atomic E-state index is 12.0. The molecule has 0 radical (unpaired) electrons. The third-order valence-electron chi connectivity index (χ3n) is 3.37. The molecule has 0 aliphatic carbocycles. The molecule has 0 aliphatic rings. The normalized spacial score (nSPS) is 12.3. The van der Waals surface area contributed by atoms with Crippen LogP contribution in [0, 0.1) is 17.0 Å². The number of imidazole rings is 1. The van der Waals surface area contributed by atoms with Gasteiger partial charge in [0.1, 0.15) is 19.3 Å². The summed E-state index contributed by atoms with van der Waals surface area (Å²) in [6.07, 6.45) is 0.818. The Hall–Kier alpha value is -2.30. The highest BCUT2D eigenvalue weighted by Gasteiger charge is 2.38. The van der Waals surface area contributed by atoms with Crippen molar-refractivity contribution in [2.45, 2.75) is 23.4 Å². The van der Waals surface area contributed by atoms with Crippen molar-refractivity contribution in [1.29, 1.82) is 0 Å². The number of nitrogens with one attached hydrogen (secondary N) is 3. The average molecular weight is 439 g/mol. The zero-order valence-electron chi connectivity index (χ0n) is 14.0. The molecule has 0 saturated carbocycles. The summed E-state index contributed by atoms with van der Waals surface area (Å²) >= 11 is 17.6. The molecule has 27 heavy (non-hydrogen) atoms. The Morgan fingerprint density at radius 2 is 2.22 bits per heavy atom. The zero-order chi connectivity index (χ0) is 20.0. The standard InChI is InChI=1S/C14H15Cl3N6O4/c1-9-19-8-11(23(25)26)22(9)6-7-27-13(24)21-12(14(15,16)17)20-10-4-2-3-5-18-10/h2-5,8,12H,6-7H2,1H3,(H,18,20)(H,21,24)/p+1/t12-/m0/s1. The highest BCUT2D eigenvalue weighted by Crippen LogP contribution is 2.30. The maximum atomic E-state index is 12.0. The number of nitro groups is 1. The number of hydrogen-bond acceptors (Lipinski definition) is 6. The van der Waals surface area contributed by atoms with Crippen LogP contribution in [0.25, 0.3) is 0 Å². The Balaban J connectivity index is 1.92.